The number of hydrogen-bond acceptors (Lipinski definition) is 2. The fourth-order valence-electron chi connectivity index (χ4n) is 3.19. The van der Waals surface area contributed by atoms with Gasteiger partial charge in [0.1, 0.15) is 18.1 Å². The van der Waals surface area contributed by atoms with Crippen molar-refractivity contribution >= 4 is 11.9 Å². The molecule has 2 aliphatic carbocycles. The van der Waals surface area contributed by atoms with Crippen LogP contribution in [0.5, 0.6) is 0 Å². The second-order valence-electron chi connectivity index (χ2n) is 5.29. The zero-order valence-corrected chi connectivity index (χ0v) is 11.4. The molecule has 0 saturated heterocycles. The van der Waals surface area contributed by atoms with Crippen LogP contribution in [0.25, 0.3) is 5.57 Å². The van der Waals surface area contributed by atoms with Crippen molar-refractivity contribution in [2.24, 2.45) is 0 Å². The number of ether oxygens (including phenoxy) is 1. The first kappa shape index (κ1) is 12.2. The van der Waals surface area contributed by atoms with Crippen molar-refractivity contribution in [3.05, 3.63) is 89.3 Å². The quantitative estimate of drug-likeness (QED) is 0.607. The molecule has 0 fully saturated rings. The zero-order valence-electron chi connectivity index (χ0n) is 11.4. The Morgan fingerprint density at radius 1 is 1.14 bits per heavy atom. The number of carbonyl (C=O) groups excluding carboxylic acids is 1. The number of carbonyl (C=O) groups is 1. The van der Waals surface area contributed by atoms with Gasteiger partial charge in [-0.1, -0.05) is 48.6 Å². The SMILES string of the molecule is O=C/C=C/C1=C2O[C@H]3C=CC=CC3=C[C@@H]2c2ccccc21. The van der Waals surface area contributed by atoms with Crippen LogP contribution in [0.2, 0.25) is 0 Å². The highest BCUT2D eigenvalue weighted by Gasteiger charge is 2.35. The summed E-state index contributed by atoms with van der Waals surface area (Å²) in [6.45, 7) is 0. The molecular weight excluding hydrogens is 260 g/mol. The average molecular weight is 274 g/mol. The van der Waals surface area contributed by atoms with Crippen molar-refractivity contribution in [1.82, 2.24) is 0 Å². The predicted molar refractivity (Wildman–Crippen MR) is 82.5 cm³/mol. The van der Waals surface area contributed by atoms with Gasteiger partial charge in [-0.25, -0.2) is 0 Å². The molecule has 4 rings (SSSR count). The summed E-state index contributed by atoms with van der Waals surface area (Å²) in [5.74, 6) is 1.10. The Morgan fingerprint density at radius 2 is 2.05 bits per heavy atom. The first-order chi connectivity index (χ1) is 10.4. The molecule has 0 radical (unpaired) electrons. The fourth-order valence-corrected chi connectivity index (χ4v) is 3.19. The zero-order chi connectivity index (χ0) is 14.2. The van der Waals surface area contributed by atoms with E-state index in [0.717, 1.165) is 23.2 Å². The molecule has 0 amide bonds. The summed E-state index contributed by atoms with van der Waals surface area (Å²) >= 11 is 0. The molecule has 0 unspecified atom stereocenters. The summed E-state index contributed by atoms with van der Waals surface area (Å²) in [5, 5.41) is 0. The Balaban J connectivity index is 1.90. The van der Waals surface area contributed by atoms with Crippen molar-refractivity contribution in [1.29, 1.82) is 0 Å². The highest BCUT2D eigenvalue weighted by atomic mass is 16.5. The van der Waals surface area contributed by atoms with Gasteiger partial charge in [0.15, 0.2) is 0 Å². The molecule has 21 heavy (non-hydrogen) atoms. The summed E-state index contributed by atoms with van der Waals surface area (Å²) in [7, 11) is 0. The van der Waals surface area contributed by atoms with E-state index in [1.165, 1.54) is 17.2 Å². The van der Waals surface area contributed by atoms with Gasteiger partial charge in [0.2, 0.25) is 0 Å². The summed E-state index contributed by atoms with van der Waals surface area (Å²) in [6, 6.07) is 8.28. The van der Waals surface area contributed by atoms with Crippen molar-refractivity contribution in [2.75, 3.05) is 0 Å². The third kappa shape index (κ3) is 1.83. The van der Waals surface area contributed by atoms with E-state index < -0.39 is 0 Å². The van der Waals surface area contributed by atoms with E-state index in [1.807, 2.05) is 30.4 Å². The summed E-state index contributed by atoms with van der Waals surface area (Å²) in [4.78, 5) is 10.7. The van der Waals surface area contributed by atoms with Crippen LogP contribution < -0.4 is 0 Å². The van der Waals surface area contributed by atoms with Crippen LogP contribution in [0.15, 0.2) is 78.1 Å². The second kappa shape index (κ2) is 4.74. The highest BCUT2D eigenvalue weighted by Crippen LogP contribution is 2.48. The largest absolute Gasteiger partial charge is 0.484 e. The summed E-state index contributed by atoms with van der Waals surface area (Å²) in [6.07, 6.45) is 14.6. The summed E-state index contributed by atoms with van der Waals surface area (Å²) in [5.41, 5.74) is 4.61. The molecule has 3 aliphatic rings. The first-order valence-electron chi connectivity index (χ1n) is 7.07. The van der Waals surface area contributed by atoms with Crippen molar-refractivity contribution in [2.45, 2.75) is 12.0 Å². The lowest BCUT2D eigenvalue weighted by molar-refractivity contribution is -0.104. The molecule has 0 spiro atoms. The molecule has 1 aromatic rings. The Bertz CT molecular complexity index is 760. The lowest BCUT2D eigenvalue weighted by Crippen LogP contribution is -2.20. The Morgan fingerprint density at radius 3 is 2.95 bits per heavy atom. The van der Waals surface area contributed by atoms with E-state index in [0.29, 0.717) is 0 Å². The van der Waals surface area contributed by atoms with Crippen LogP contribution in [-0.2, 0) is 9.53 Å². The molecule has 102 valence electrons. The van der Waals surface area contributed by atoms with Crippen LogP contribution in [0.1, 0.15) is 17.0 Å². The third-order valence-electron chi connectivity index (χ3n) is 4.10. The van der Waals surface area contributed by atoms with E-state index in [4.69, 9.17) is 4.74 Å². The minimum absolute atomic E-state index is 0.0183. The minimum atomic E-state index is -0.0183. The maximum absolute atomic E-state index is 10.7. The van der Waals surface area contributed by atoms with E-state index in [9.17, 15) is 4.79 Å². The average Bonchev–Trinajstić information content (AvgIpc) is 2.84. The molecule has 1 aliphatic heterocycles. The first-order valence-corrected chi connectivity index (χ1v) is 7.07. The molecule has 1 aromatic carbocycles. The number of allylic oxidation sites excluding steroid dienone is 6. The van der Waals surface area contributed by atoms with Crippen LogP contribution in [0.4, 0.5) is 0 Å². The molecule has 2 atom stereocenters. The van der Waals surface area contributed by atoms with Gasteiger partial charge >= 0.3 is 0 Å². The lowest BCUT2D eigenvalue weighted by atomic mass is 9.91. The van der Waals surface area contributed by atoms with Gasteiger partial charge in [-0.05, 0) is 34.9 Å². The number of aldehydes is 1. The third-order valence-corrected chi connectivity index (χ3v) is 4.10. The number of benzene rings is 1. The highest BCUT2D eigenvalue weighted by molar-refractivity contribution is 5.87. The van der Waals surface area contributed by atoms with Crippen molar-refractivity contribution < 1.29 is 9.53 Å². The molecule has 0 saturated carbocycles. The normalized spacial score (nSPS) is 25.2. The second-order valence-corrected chi connectivity index (χ2v) is 5.29. The van der Waals surface area contributed by atoms with E-state index in [2.05, 4.69) is 30.4 Å². The van der Waals surface area contributed by atoms with Crippen molar-refractivity contribution in [3.63, 3.8) is 0 Å². The molecule has 2 heteroatoms. The number of fused-ring (bicyclic) bond motifs is 4. The van der Waals surface area contributed by atoms with Gasteiger partial charge in [-0.15, -0.1) is 0 Å². The van der Waals surface area contributed by atoms with E-state index >= 15 is 0 Å². The van der Waals surface area contributed by atoms with Gasteiger partial charge in [0.25, 0.3) is 0 Å². The molecule has 0 bridgehead atoms. The fraction of sp³-hybridized carbons (Fsp3) is 0.105. The van der Waals surface area contributed by atoms with Gasteiger partial charge in [-0.3, -0.25) is 4.79 Å². The molecule has 1 heterocycles. The standard InChI is InChI=1S/C19H14O2/c20-11-5-9-16-14-7-2-3-8-15(14)17-12-13-6-1-4-10-18(13)21-19(16)17/h1-12,17-18H/b9-5+/t17-,18+/m1/s1. The minimum Gasteiger partial charge on any atom is -0.484 e. The van der Waals surface area contributed by atoms with Crippen LogP contribution in [-0.4, -0.2) is 12.4 Å². The van der Waals surface area contributed by atoms with E-state index in [1.54, 1.807) is 0 Å². The predicted octanol–water partition coefficient (Wildman–Crippen LogP) is 3.70. The van der Waals surface area contributed by atoms with Crippen LogP contribution in [0.3, 0.4) is 0 Å². The maximum Gasteiger partial charge on any atom is 0.142 e. The smallest absolute Gasteiger partial charge is 0.142 e. The van der Waals surface area contributed by atoms with Gasteiger partial charge in [-0.2, -0.15) is 0 Å². The monoisotopic (exact) mass is 274 g/mol. The molecular formula is C19H14O2. The molecule has 2 nitrogen and oxygen atoms in total. The van der Waals surface area contributed by atoms with Crippen LogP contribution in [0, 0.1) is 0 Å². The van der Waals surface area contributed by atoms with Crippen molar-refractivity contribution in [3.8, 4) is 0 Å². The molecule has 0 N–H and O–H groups in total. The molecule has 0 aromatic heterocycles. The lowest BCUT2D eigenvalue weighted by Gasteiger charge is -2.29. The van der Waals surface area contributed by atoms with Gasteiger partial charge in [0, 0.05) is 5.57 Å². The Labute approximate surface area is 123 Å². The Hall–Kier alpha value is -2.61. The summed E-state index contributed by atoms with van der Waals surface area (Å²) < 4.78 is 6.21. The van der Waals surface area contributed by atoms with Crippen LogP contribution >= 0.6 is 0 Å². The number of rotatable bonds is 2. The van der Waals surface area contributed by atoms with Gasteiger partial charge in [0.05, 0.1) is 5.92 Å². The van der Waals surface area contributed by atoms with E-state index in [-0.39, 0.29) is 12.0 Å². The topological polar surface area (TPSA) is 26.3 Å². The van der Waals surface area contributed by atoms with Gasteiger partial charge < -0.3 is 4.74 Å². The Kier molecular flexibility index (Phi) is 2.74. The number of hydrogen-bond donors (Lipinski definition) is 0. The maximum atomic E-state index is 10.7.